The molecule has 8 nitrogen and oxygen atoms in total. The summed E-state index contributed by atoms with van der Waals surface area (Å²) in [7, 11) is 4.67. The number of methoxy groups -OCH3 is 3. The number of carbonyl (C=O) groups excluding carboxylic acids is 2. The van der Waals surface area contributed by atoms with Crippen LogP contribution >= 0.6 is 0 Å². The van der Waals surface area contributed by atoms with E-state index in [9.17, 15) is 9.59 Å². The molecular weight excluding hydrogens is 400 g/mol. The van der Waals surface area contributed by atoms with Crippen molar-refractivity contribution < 1.29 is 28.5 Å². The molecule has 8 heteroatoms. The highest BCUT2D eigenvalue weighted by atomic mass is 16.6. The van der Waals surface area contributed by atoms with Gasteiger partial charge in [0.2, 0.25) is 11.7 Å². The Bertz CT molecular complexity index is 809. The second-order valence-electron chi connectivity index (χ2n) is 9.43. The topological polar surface area (TPSA) is 77.5 Å². The lowest BCUT2D eigenvalue weighted by molar-refractivity contribution is -0.129. The first-order valence-corrected chi connectivity index (χ1v) is 10.6. The minimum atomic E-state index is -0.509. The Kier molecular flexibility index (Phi) is 6.57. The standard InChI is InChI=1S/C23H34N2O6/c1-22(2,3)31-21(27)25-10-8-23(15-25)7-9-24(14-23)19(26)13-16-11-17(28-4)20(30-6)18(12-16)29-5/h11-12H,7-10,13-15H2,1-6H3/t23-/m1/s1. The van der Waals surface area contributed by atoms with Crippen LogP contribution in [-0.4, -0.2) is 74.9 Å². The largest absolute Gasteiger partial charge is 0.493 e. The molecule has 0 N–H and O–H groups in total. The molecule has 1 spiro atoms. The minimum Gasteiger partial charge on any atom is -0.493 e. The van der Waals surface area contributed by atoms with Crippen molar-refractivity contribution in [3.8, 4) is 17.2 Å². The van der Waals surface area contributed by atoms with Gasteiger partial charge in [0.05, 0.1) is 27.8 Å². The van der Waals surface area contributed by atoms with Crippen molar-refractivity contribution in [3.63, 3.8) is 0 Å². The highest BCUT2D eigenvalue weighted by molar-refractivity contribution is 5.80. The van der Waals surface area contributed by atoms with Gasteiger partial charge >= 0.3 is 6.09 Å². The van der Waals surface area contributed by atoms with Crippen molar-refractivity contribution in [3.05, 3.63) is 17.7 Å². The van der Waals surface area contributed by atoms with Gasteiger partial charge in [0, 0.05) is 31.6 Å². The van der Waals surface area contributed by atoms with Crippen LogP contribution in [0, 0.1) is 5.41 Å². The Morgan fingerprint density at radius 1 is 0.935 bits per heavy atom. The van der Waals surface area contributed by atoms with Gasteiger partial charge in [-0.1, -0.05) is 0 Å². The molecule has 1 aromatic rings. The van der Waals surface area contributed by atoms with Crippen LogP contribution in [0.3, 0.4) is 0 Å². The van der Waals surface area contributed by atoms with E-state index >= 15 is 0 Å². The minimum absolute atomic E-state index is 0.0398. The van der Waals surface area contributed by atoms with Gasteiger partial charge in [-0.2, -0.15) is 0 Å². The van der Waals surface area contributed by atoms with Crippen molar-refractivity contribution in [1.82, 2.24) is 9.80 Å². The van der Waals surface area contributed by atoms with Crippen LogP contribution in [0.5, 0.6) is 17.2 Å². The summed E-state index contributed by atoms with van der Waals surface area (Å²) in [5.41, 5.74) is 0.259. The molecule has 2 aliphatic rings. The monoisotopic (exact) mass is 434 g/mol. The second-order valence-corrected chi connectivity index (χ2v) is 9.43. The fourth-order valence-electron chi connectivity index (χ4n) is 4.42. The van der Waals surface area contributed by atoms with Crippen LogP contribution in [-0.2, 0) is 16.0 Å². The van der Waals surface area contributed by atoms with Crippen LogP contribution in [0.15, 0.2) is 12.1 Å². The van der Waals surface area contributed by atoms with E-state index < -0.39 is 5.60 Å². The van der Waals surface area contributed by atoms with E-state index in [2.05, 4.69) is 0 Å². The van der Waals surface area contributed by atoms with E-state index in [0.29, 0.717) is 43.4 Å². The zero-order chi connectivity index (χ0) is 22.8. The van der Waals surface area contributed by atoms with Crippen LogP contribution in [0.25, 0.3) is 0 Å². The number of likely N-dealkylation sites (tertiary alicyclic amines) is 2. The Balaban J connectivity index is 1.63. The molecule has 0 unspecified atom stereocenters. The maximum Gasteiger partial charge on any atom is 0.410 e. The lowest BCUT2D eigenvalue weighted by atomic mass is 9.86. The molecule has 2 heterocycles. The fourth-order valence-corrected chi connectivity index (χ4v) is 4.42. The number of hydrogen-bond donors (Lipinski definition) is 0. The SMILES string of the molecule is COc1cc(CC(=O)N2CC[C@@]3(CCN(C(=O)OC(C)(C)C)C3)C2)cc(OC)c1OC. The summed E-state index contributed by atoms with van der Waals surface area (Å²) in [5, 5.41) is 0. The molecule has 0 aliphatic carbocycles. The van der Waals surface area contributed by atoms with Gasteiger partial charge < -0.3 is 28.7 Å². The first-order chi connectivity index (χ1) is 14.6. The van der Waals surface area contributed by atoms with Gasteiger partial charge in [-0.15, -0.1) is 0 Å². The van der Waals surface area contributed by atoms with Crippen molar-refractivity contribution in [2.45, 2.75) is 45.6 Å². The zero-order valence-corrected chi connectivity index (χ0v) is 19.4. The molecule has 0 saturated carbocycles. The first-order valence-electron chi connectivity index (χ1n) is 10.6. The molecule has 3 rings (SSSR count). The Morgan fingerprint density at radius 3 is 2.00 bits per heavy atom. The van der Waals surface area contributed by atoms with Crippen molar-refractivity contribution in [2.24, 2.45) is 5.41 Å². The smallest absolute Gasteiger partial charge is 0.410 e. The quantitative estimate of drug-likeness (QED) is 0.709. The van der Waals surface area contributed by atoms with Gasteiger partial charge in [-0.3, -0.25) is 4.79 Å². The number of carbonyl (C=O) groups is 2. The predicted octanol–water partition coefficient (Wildman–Crippen LogP) is 3.11. The third-order valence-electron chi connectivity index (χ3n) is 5.96. The Labute approximate surface area is 184 Å². The van der Waals surface area contributed by atoms with Crippen LogP contribution in [0.2, 0.25) is 0 Å². The van der Waals surface area contributed by atoms with Gasteiger partial charge in [0.25, 0.3) is 0 Å². The molecule has 2 aliphatic heterocycles. The summed E-state index contributed by atoms with van der Waals surface area (Å²) in [6.07, 6.45) is 1.77. The predicted molar refractivity (Wildman–Crippen MR) is 116 cm³/mol. The number of hydrogen-bond acceptors (Lipinski definition) is 6. The van der Waals surface area contributed by atoms with Gasteiger partial charge in [-0.05, 0) is 51.3 Å². The van der Waals surface area contributed by atoms with Crippen molar-refractivity contribution >= 4 is 12.0 Å². The van der Waals surface area contributed by atoms with Crippen LogP contribution in [0.4, 0.5) is 4.79 Å². The average molecular weight is 435 g/mol. The molecule has 2 fully saturated rings. The molecule has 2 amide bonds. The highest BCUT2D eigenvalue weighted by Crippen LogP contribution is 2.41. The Hall–Kier alpha value is -2.64. The number of nitrogens with zero attached hydrogens (tertiary/aromatic N) is 2. The lowest BCUT2D eigenvalue weighted by Gasteiger charge is -2.27. The van der Waals surface area contributed by atoms with Crippen molar-refractivity contribution in [1.29, 1.82) is 0 Å². The molecular formula is C23H34N2O6. The summed E-state index contributed by atoms with van der Waals surface area (Å²) in [4.78, 5) is 29.1. The molecule has 1 aromatic carbocycles. The summed E-state index contributed by atoms with van der Waals surface area (Å²) in [5.74, 6) is 1.63. The van der Waals surface area contributed by atoms with E-state index in [4.69, 9.17) is 18.9 Å². The van der Waals surface area contributed by atoms with Gasteiger partial charge in [-0.25, -0.2) is 4.79 Å². The zero-order valence-electron chi connectivity index (χ0n) is 19.4. The van der Waals surface area contributed by atoms with Gasteiger partial charge in [0.15, 0.2) is 11.5 Å². The number of ether oxygens (including phenoxy) is 4. The lowest BCUT2D eigenvalue weighted by Crippen LogP contribution is -2.38. The second kappa shape index (κ2) is 8.85. The fraction of sp³-hybridized carbons (Fsp3) is 0.652. The molecule has 0 bridgehead atoms. The van der Waals surface area contributed by atoms with Gasteiger partial charge in [0.1, 0.15) is 5.60 Å². The van der Waals surface area contributed by atoms with Crippen LogP contribution in [0.1, 0.15) is 39.2 Å². The van der Waals surface area contributed by atoms with E-state index in [0.717, 1.165) is 18.4 Å². The number of benzene rings is 1. The van der Waals surface area contributed by atoms with E-state index in [1.807, 2.05) is 37.8 Å². The summed E-state index contributed by atoms with van der Waals surface area (Å²) in [6.45, 7) is 8.28. The maximum atomic E-state index is 13.0. The normalized spacial score (nSPS) is 20.8. The molecule has 31 heavy (non-hydrogen) atoms. The third-order valence-corrected chi connectivity index (χ3v) is 5.96. The molecule has 2 saturated heterocycles. The summed E-state index contributed by atoms with van der Waals surface area (Å²) in [6, 6.07) is 3.62. The highest BCUT2D eigenvalue weighted by Gasteiger charge is 2.46. The van der Waals surface area contributed by atoms with E-state index in [-0.39, 0.29) is 23.8 Å². The average Bonchev–Trinajstić information content (AvgIpc) is 3.33. The van der Waals surface area contributed by atoms with E-state index in [1.54, 1.807) is 26.2 Å². The summed E-state index contributed by atoms with van der Waals surface area (Å²) >= 11 is 0. The molecule has 1 atom stereocenters. The molecule has 0 radical (unpaired) electrons. The molecule has 0 aromatic heterocycles. The Morgan fingerprint density at radius 2 is 1.48 bits per heavy atom. The molecule has 172 valence electrons. The van der Waals surface area contributed by atoms with E-state index in [1.165, 1.54) is 0 Å². The van der Waals surface area contributed by atoms with Crippen LogP contribution < -0.4 is 14.2 Å². The maximum absolute atomic E-state index is 13.0. The first kappa shape index (κ1) is 23.0. The number of rotatable bonds is 5. The summed E-state index contributed by atoms with van der Waals surface area (Å²) < 4.78 is 21.6. The third kappa shape index (κ3) is 5.17. The number of amides is 2. The van der Waals surface area contributed by atoms with Crippen molar-refractivity contribution in [2.75, 3.05) is 47.5 Å².